The molecule has 3 aliphatic rings. The lowest BCUT2D eigenvalue weighted by atomic mass is 9.74. The summed E-state index contributed by atoms with van der Waals surface area (Å²) in [5.74, 6) is 0.606. The smallest absolute Gasteiger partial charge is 0.322 e. The predicted octanol–water partition coefficient (Wildman–Crippen LogP) is 0.438. The van der Waals surface area contributed by atoms with Crippen molar-refractivity contribution in [1.29, 1.82) is 0 Å². The van der Waals surface area contributed by atoms with Crippen molar-refractivity contribution in [2.45, 2.75) is 25.3 Å². The van der Waals surface area contributed by atoms with E-state index in [-0.39, 0.29) is 23.7 Å². The lowest BCUT2D eigenvalue weighted by molar-refractivity contribution is -0.146. The zero-order valence-corrected chi connectivity index (χ0v) is 13.2. The minimum absolute atomic E-state index is 0.0168. The van der Waals surface area contributed by atoms with E-state index in [1.165, 1.54) is 5.56 Å². The van der Waals surface area contributed by atoms with Gasteiger partial charge in [-0.15, -0.1) is 0 Å². The van der Waals surface area contributed by atoms with E-state index in [1.54, 1.807) is 0 Å². The Hall–Kier alpha value is -2.57. The van der Waals surface area contributed by atoms with Gasteiger partial charge in [-0.05, 0) is 24.5 Å². The highest BCUT2D eigenvalue weighted by atomic mass is 16.5. The zero-order valence-electron chi connectivity index (χ0n) is 13.2. The molecule has 1 aromatic rings. The van der Waals surface area contributed by atoms with Gasteiger partial charge in [0.1, 0.15) is 11.8 Å². The molecule has 2 N–H and O–H groups in total. The van der Waals surface area contributed by atoms with Crippen molar-refractivity contribution >= 4 is 17.8 Å². The van der Waals surface area contributed by atoms with E-state index in [0.29, 0.717) is 26.1 Å². The monoisotopic (exact) mass is 329 g/mol. The van der Waals surface area contributed by atoms with Gasteiger partial charge in [0, 0.05) is 24.9 Å². The number of hydrogen-bond acceptors (Lipinski definition) is 4. The molecule has 0 aliphatic carbocycles. The second kappa shape index (κ2) is 5.51. The van der Waals surface area contributed by atoms with Gasteiger partial charge in [0.25, 0.3) is 5.91 Å². The molecule has 1 spiro atoms. The Bertz CT molecular complexity index is 712. The number of carbonyl (C=O) groups excluding carboxylic acids is 3. The molecule has 4 rings (SSSR count). The fourth-order valence-electron chi connectivity index (χ4n) is 3.71. The van der Waals surface area contributed by atoms with Crippen molar-refractivity contribution in [3.05, 3.63) is 29.8 Å². The minimum atomic E-state index is -0.596. The van der Waals surface area contributed by atoms with Crippen LogP contribution in [0, 0.1) is 5.41 Å². The molecule has 2 fully saturated rings. The normalized spacial score (nSPS) is 23.8. The van der Waals surface area contributed by atoms with Gasteiger partial charge in [0.05, 0.1) is 6.61 Å². The van der Waals surface area contributed by atoms with E-state index in [1.807, 2.05) is 23.1 Å². The molecule has 126 valence electrons. The summed E-state index contributed by atoms with van der Waals surface area (Å²) in [5.41, 5.74) is 1.21. The van der Waals surface area contributed by atoms with Crippen molar-refractivity contribution in [3.8, 4) is 5.75 Å². The van der Waals surface area contributed by atoms with Crippen LogP contribution in [0.2, 0.25) is 0 Å². The standard InChI is InChI=1S/C17H19N3O4/c21-14(6-5-12-15(22)19-16(23)18-12)20-8-17(9-20)7-11-3-1-2-4-13(11)24-10-17/h1-4,12H,5-10H2,(H2,18,19,22,23)/t12-/m0/s1. The summed E-state index contributed by atoms with van der Waals surface area (Å²) in [6.07, 6.45) is 1.51. The average Bonchev–Trinajstić information content (AvgIpc) is 2.87. The van der Waals surface area contributed by atoms with Gasteiger partial charge < -0.3 is 15.0 Å². The van der Waals surface area contributed by atoms with E-state index < -0.39 is 12.1 Å². The zero-order chi connectivity index (χ0) is 16.7. The maximum Gasteiger partial charge on any atom is 0.322 e. The van der Waals surface area contributed by atoms with Gasteiger partial charge in [-0.2, -0.15) is 0 Å². The largest absolute Gasteiger partial charge is 0.493 e. The number of urea groups is 1. The molecule has 3 aliphatic heterocycles. The molecule has 2 saturated heterocycles. The van der Waals surface area contributed by atoms with E-state index in [2.05, 4.69) is 16.7 Å². The van der Waals surface area contributed by atoms with Crippen LogP contribution in [-0.2, 0) is 16.0 Å². The summed E-state index contributed by atoms with van der Waals surface area (Å²) in [7, 11) is 0. The molecule has 1 atom stereocenters. The van der Waals surface area contributed by atoms with Crippen LogP contribution in [0.15, 0.2) is 24.3 Å². The molecule has 7 heteroatoms. The number of fused-ring (bicyclic) bond motifs is 1. The number of benzene rings is 1. The number of ether oxygens (including phenoxy) is 1. The Morgan fingerprint density at radius 2 is 2.08 bits per heavy atom. The van der Waals surface area contributed by atoms with Crippen LogP contribution in [0.25, 0.3) is 0 Å². The number of rotatable bonds is 3. The first-order valence-corrected chi connectivity index (χ1v) is 8.15. The van der Waals surface area contributed by atoms with Crippen molar-refractivity contribution in [3.63, 3.8) is 0 Å². The van der Waals surface area contributed by atoms with Gasteiger partial charge >= 0.3 is 6.03 Å². The molecule has 0 aromatic heterocycles. The summed E-state index contributed by atoms with van der Waals surface area (Å²) < 4.78 is 5.84. The Morgan fingerprint density at radius 1 is 1.29 bits per heavy atom. The first-order valence-electron chi connectivity index (χ1n) is 8.15. The lowest BCUT2D eigenvalue weighted by Crippen LogP contribution is -2.62. The third-order valence-corrected chi connectivity index (χ3v) is 4.98. The number of imide groups is 1. The molecular formula is C17H19N3O4. The third-order valence-electron chi connectivity index (χ3n) is 4.98. The van der Waals surface area contributed by atoms with Gasteiger partial charge in [-0.25, -0.2) is 4.79 Å². The first kappa shape index (κ1) is 15.0. The maximum atomic E-state index is 12.3. The van der Waals surface area contributed by atoms with Crippen LogP contribution >= 0.6 is 0 Å². The summed E-state index contributed by atoms with van der Waals surface area (Å²) >= 11 is 0. The number of likely N-dealkylation sites (tertiary alicyclic amines) is 1. The number of para-hydroxylation sites is 1. The average molecular weight is 329 g/mol. The van der Waals surface area contributed by atoms with Gasteiger partial charge in [0.15, 0.2) is 0 Å². The topological polar surface area (TPSA) is 87.7 Å². The van der Waals surface area contributed by atoms with Crippen molar-refractivity contribution in [1.82, 2.24) is 15.5 Å². The Kier molecular flexibility index (Phi) is 3.44. The molecule has 0 unspecified atom stereocenters. The Balaban J connectivity index is 1.29. The van der Waals surface area contributed by atoms with E-state index in [0.717, 1.165) is 12.2 Å². The highest BCUT2D eigenvalue weighted by molar-refractivity contribution is 6.04. The number of carbonyl (C=O) groups is 3. The van der Waals surface area contributed by atoms with Crippen LogP contribution in [0.3, 0.4) is 0 Å². The Morgan fingerprint density at radius 3 is 2.83 bits per heavy atom. The first-order chi connectivity index (χ1) is 11.5. The number of amides is 4. The Labute approximate surface area is 139 Å². The highest BCUT2D eigenvalue weighted by Gasteiger charge is 2.48. The van der Waals surface area contributed by atoms with E-state index in [4.69, 9.17) is 4.74 Å². The summed E-state index contributed by atoms with van der Waals surface area (Å²) in [5, 5.41) is 4.68. The minimum Gasteiger partial charge on any atom is -0.493 e. The molecule has 4 amide bonds. The fraction of sp³-hybridized carbons (Fsp3) is 0.471. The third kappa shape index (κ3) is 2.60. The predicted molar refractivity (Wildman–Crippen MR) is 84.4 cm³/mol. The lowest BCUT2D eigenvalue weighted by Gasteiger charge is -2.52. The van der Waals surface area contributed by atoms with Crippen molar-refractivity contribution in [2.75, 3.05) is 19.7 Å². The number of nitrogens with zero attached hydrogens (tertiary/aromatic N) is 1. The molecule has 0 radical (unpaired) electrons. The van der Waals surface area contributed by atoms with E-state index >= 15 is 0 Å². The molecule has 0 bridgehead atoms. The summed E-state index contributed by atoms with van der Waals surface area (Å²) in [6, 6.07) is 6.93. The molecule has 7 nitrogen and oxygen atoms in total. The van der Waals surface area contributed by atoms with Crippen molar-refractivity contribution in [2.24, 2.45) is 5.41 Å². The highest BCUT2D eigenvalue weighted by Crippen LogP contribution is 2.41. The second-order valence-electron chi connectivity index (χ2n) is 6.88. The summed E-state index contributed by atoms with van der Waals surface area (Å²) in [4.78, 5) is 36.6. The van der Waals surface area contributed by atoms with Crippen LogP contribution in [0.5, 0.6) is 5.75 Å². The number of hydrogen-bond donors (Lipinski definition) is 2. The van der Waals surface area contributed by atoms with Crippen LogP contribution < -0.4 is 15.4 Å². The molecule has 3 heterocycles. The fourth-order valence-corrected chi connectivity index (χ4v) is 3.71. The van der Waals surface area contributed by atoms with Crippen LogP contribution in [-0.4, -0.2) is 48.5 Å². The van der Waals surface area contributed by atoms with Crippen LogP contribution in [0.4, 0.5) is 4.79 Å². The molecule has 0 saturated carbocycles. The molecule has 24 heavy (non-hydrogen) atoms. The molecule has 1 aromatic carbocycles. The van der Waals surface area contributed by atoms with Gasteiger partial charge in [-0.3, -0.25) is 14.9 Å². The van der Waals surface area contributed by atoms with Gasteiger partial charge in [-0.1, -0.05) is 18.2 Å². The second-order valence-corrected chi connectivity index (χ2v) is 6.88. The van der Waals surface area contributed by atoms with Crippen molar-refractivity contribution < 1.29 is 19.1 Å². The van der Waals surface area contributed by atoms with Crippen LogP contribution in [0.1, 0.15) is 18.4 Å². The number of nitrogens with one attached hydrogen (secondary N) is 2. The molecular weight excluding hydrogens is 310 g/mol. The SMILES string of the molecule is O=C1NC(=O)[C@H](CCC(=O)N2CC3(COc4ccccc4C3)C2)N1. The maximum absolute atomic E-state index is 12.3. The van der Waals surface area contributed by atoms with E-state index in [9.17, 15) is 14.4 Å². The summed E-state index contributed by atoms with van der Waals surface area (Å²) in [6.45, 7) is 2.00. The quantitative estimate of drug-likeness (QED) is 0.788. The van der Waals surface area contributed by atoms with Gasteiger partial charge in [0.2, 0.25) is 5.91 Å².